The lowest BCUT2D eigenvalue weighted by atomic mass is 10.1. The smallest absolute Gasteiger partial charge is 0.311 e. The van der Waals surface area contributed by atoms with Crippen molar-refractivity contribution in [2.24, 2.45) is 5.41 Å². The van der Waals surface area contributed by atoms with Crippen molar-refractivity contribution in [1.29, 1.82) is 0 Å². The molecular formula is C11H19NO3. The maximum atomic E-state index is 11.3. The van der Waals surface area contributed by atoms with E-state index in [0.29, 0.717) is 25.8 Å². The summed E-state index contributed by atoms with van der Waals surface area (Å²) in [5, 5.41) is 11.6. The van der Waals surface area contributed by atoms with E-state index < -0.39 is 11.4 Å². The molecule has 0 spiro atoms. The SMILES string of the molecule is CCCCCC(=O)NCC1(C(=O)O)CC1. The van der Waals surface area contributed by atoms with Gasteiger partial charge in [0.25, 0.3) is 0 Å². The molecule has 0 saturated heterocycles. The average Bonchev–Trinajstić information content (AvgIpc) is 2.96. The molecule has 0 aromatic heterocycles. The second kappa shape index (κ2) is 5.14. The van der Waals surface area contributed by atoms with E-state index in [4.69, 9.17) is 5.11 Å². The van der Waals surface area contributed by atoms with Gasteiger partial charge in [0.15, 0.2) is 0 Å². The minimum Gasteiger partial charge on any atom is -0.481 e. The zero-order valence-electron chi connectivity index (χ0n) is 9.21. The second-order valence-electron chi connectivity index (χ2n) is 4.32. The fraction of sp³-hybridized carbons (Fsp3) is 0.818. The molecule has 0 unspecified atom stereocenters. The van der Waals surface area contributed by atoms with Gasteiger partial charge in [-0.2, -0.15) is 0 Å². The Morgan fingerprint density at radius 2 is 2.00 bits per heavy atom. The number of rotatable bonds is 7. The van der Waals surface area contributed by atoms with Crippen molar-refractivity contribution in [3.05, 3.63) is 0 Å². The van der Waals surface area contributed by atoms with Crippen LogP contribution < -0.4 is 5.32 Å². The monoisotopic (exact) mass is 213 g/mol. The fourth-order valence-corrected chi connectivity index (χ4v) is 1.51. The summed E-state index contributed by atoms with van der Waals surface area (Å²) in [7, 11) is 0. The van der Waals surface area contributed by atoms with Crippen molar-refractivity contribution in [3.63, 3.8) is 0 Å². The largest absolute Gasteiger partial charge is 0.481 e. The Hall–Kier alpha value is -1.06. The van der Waals surface area contributed by atoms with E-state index in [1.54, 1.807) is 0 Å². The maximum Gasteiger partial charge on any atom is 0.311 e. The molecule has 1 aliphatic carbocycles. The summed E-state index contributed by atoms with van der Waals surface area (Å²) in [6.07, 6.45) is 4.94. The van der Waals surface area contributed by atoms with Gasteiger partial charge in [-0.05, 0) is 19.3 Å². The quantitative estimate of drug-likeness (QED) is 0.630. The molecule has 1 rings (SSSR count). The Bertz CT molecular complexity index is 246. The van der Waals surface area contributed by atoms with Gasteiger partial charge in [0.1, 0.15) is 0 Å². The highest BCUT2D eigenvalue weighted by Gasteiger charge is 2.50. The maximum absolute atomic E-state index is 11.3. The predicted molar refractivity (Wildman–Crippen MR) is 56.5 cm³/mol. The summed E-state index contributed by atoms with van der Waals surface area (Å²) in [6, 6.07) is 0. The Morgan fingerprint density at radius 1 is 1.33 bits per heavy atom. The first kappa shape index (κ1) is 12.0. The summed E-state index contributed by atoms with van der Waals surface area (Å²) in [4.78, 5) is 22.1. The molecule has 0 bridgehead atoms. The molecule has 0 atom stereocenters. The first-order valence-electron chi connectivity index (χ1n) is 5.61. The number of carbonyl (C=O) groups is 2. The van der Waals surface area contributed by atoms with Crippen molar-refractivity contribution in [1.82, 2.24) is 5.32 Å². The average molecular weight is 213 g/mol. The van der Waals surface area contributed by atoms with E-state index in [9.17, 15) is 9.59 Å². The highest BCUT2D eigenvalue weighted by molar-refractivity contribution is 5.80. The van der Waals surface area contributed by atoms with Crippen LogP contribution in [-0.4, -0.2) is 23.5 Å². The number of carboxylic acid groups (broad SMARTS) is 1. The number of hydrogen-bond donors (Lipinski definition) is 2. The molecule has 4 nitrogen and oxygen atoms in total. The molecule has 1 amide bonds. The third-order valence-corrected chi connectivity index (χ3v) is 2.94. The number of amides is 1. The Morgan fingerprint density at radius 3 is 2.47 bits per heavy atom. The zero-order chi connectivity index (χ0) is 11.3. The van der Waals surface area contributed by atoms with E-state index in [-0.39, 0.29) is 5.91 Å². The van der Waals surface area contributed by atoms with E-state index in [2.05, 4.69) is 12.2 Å². The molecule has 0 radical (unpaired) electrons. The molecule has 2 N–H and O–H groups in total. The van der Waals surface area contributed by atoms with Gasteiger partial charge in [-0.3, -0.25) is 9.59 Å². The molecular weight excluding hydrogens is 194 g/mol. The lowest BCUT2D eigenvalue weighted by Crippen LogP contribution is -2.34. The van der Waals surface area contributed by atoms with Crippen molar-refractivity contribution >= 4 is 11.9 Å². The van der Waals surface area contributed by atoms with Gasteiger partial charge in [-0.25, -0.2) is 0 Å². The summed E-state index contributed by atoms with van der Waals surface area (Å²) in [6.45, 7) is 2.38. The first-order valence-corrected chi connectivity index (χ1v) is 5.61. The van der Waals surface area contributed by atoms with Gasteiger partial charge in [0, 0.05) is 13.0 Å². The van der Waals surface area contributed by atoms with Crippen LogP contribution in [0.2, 0.25) is 0 Å². The van der Waals surface area contributed by atoms with Crippen molar-refractivity contribution < 1.29 is 14.7 Å². The van der Waals surface area contributed by atoms with Crippen LogP contribution >= 0.6 is 0 Å². The van der Waals surface area contributed by atoms with Gasteiger partial charge in [0.05, 0.1) is 5.41 Å². The molecule has 4 heteroatoms. The van der Waals surface area contributed by atoms with E-state index in [1.807, 2.05) is 0 Å². The highest BCUT2D eigenvalue weighted by Crippen LogP contribution is 2.45. The second-order valence-corrected chi connectivity index (χ2v) is 4.32. The number of carboxylic acids is 1. The molecule has 0 aromatic carbocycles. The number of unbranched alkanes of at least 4 members (excludes halogenated alkanes) is 2. The van der Waals surface area contributed by atoms with Gasteiger partial charge < -0.3 is 10.4 Å². The number of carbonyl (C=O) groups excluding carboxylic acids is 1. The van der Waals surface area contributed by atoms with Crippen LogP contribution in [0.5, 0.6) is 0 Å². The Labute approximate surface area is 90.0 Å². The predicted octanol–water partition coefficient (Wildman–Crippen LogP) is 1.55. The summed E-state index contributed by atoms with van der Waals surface area (Å²) in [5.41, 5.74) is -0.638. The Kier molecular flexibility index (Phi) is 4.12. The van der Waals surface area contributed by atoms with E-state index in [1.165, 1.54) is 0 Å². The van der Waals surface area contributed by atoms with Crippen LogP contribution in [0.15, 0.2) is 0 Å². The summed E-state index contributed by atoms with van der Waals surface area (Å²) < 4.78 is 0. The highest BCUT2D eigenvalue weighted by atomic mass is 16.4. The third kappa shape index (κ3) is 3.53. The molecule has 86 valence electrons. The molecule has 0 aromatic rings. The minimum atomic E-state index is -0.781. The van der Waals surface area contributed by atoms with E-state index in [0.717, 1.165) is 19.3 Å². The van der Waals surface area contributed by atoms with Crippen molar-refractivity contribution in [2.75, 3.05) is 6.54 Å². The van der Waals surface area contributed by atoms with Gasteiger partial charge >= 0.3 is 5.97 Å². The van der Waals surface area contributed by atoms with Gasteiger partial charge in [-0.1, -0.05) is 19.8 Å². The molecule has 1 fully saturated rings. The van der Waals surface area contributed by atoms with Gasteiger partial charge in [0.2, 0.25) is 5.91 Å². The lowest BCUT2D eigenvalue weighted by molar-refractivity contribution is -0.143. The van der Waals surface area contributed by atoms with Crippen LogP contribution in [0, 0.1) is 5.41 Å². The molecule has 1 saturated carbocycles. The van der Waals surface area contributed by atoms with Crippen LogP contribution in [-0.2, 0) is 9.59 Å². The number of aliphatic carboxylic acids is 1. The molecule has 1 aliphatic rings. The lowest BCUT2D eigenvalue weighted by Gasteiger charge is -2.10. The number of nitrogens with one attached hydrogen (secondary N) is 1. The first-order chi connectivity index (χ1) is 7.10. The number of hydrogen-bond acceptors (Lipinski definition) is 2. The van der Waals surface area contributed by atoms with Gasteiger partial charge in [-0.15, -0.1) is 0 Å². The summed E-state index contributed by atoms with van der Waals surface area (Å²) >= 11 is 0. The molecule has 15 heavy (non-hydrogen) atoms. The standard InChI is InChI=1S/C11H19NO3/c1-2-3-4-5-9(13)12-8-11(6-7-11)10(14)15/h2-8H2,1H3,(H,12,13)(H,14,15). The Balaban J connectivity index is 2.14. The normalized spacial score (nSPS) is 17.1. The topological polar surface area (TPSA) is 66.4 Å². The summed E-state index contributed by atoms with van der Waals surface area (Å²) in [5.74, 6) is -0.799. The molecule has 0 heterocycles. The zero-order valence-corrected chi connectivity index (χ0v) is 9.21. The van der Waals surface area contributed by atoms with Crippen LogP contribution in [0.25, 0.3) is 0 Å². The van der Waals surface area contributed by atoms with Crippen LogP contribution in [0.3, 0.4) is 0 Å². The fourth-order valence-electron chi connectivity index (χ4n) is 1.51. The van der Waals surface area contributed by atoms with Crippen molar-refractivity contribution in [3.8, 4) is 0 Å². The van der Waals surface area contributed by atoms with Crippen molar-refractivity contribution in [2.45, 2.75) is 45.4 Å². The van der Waals surface area contributed by atoms with Crippen LogP contribution in [0.4, 0.5) is 0 Å². The van der Waals surface area contributed by atoms with E-state index >= 15 is 0 Å². The molecule has 0 aliphatic heterocycles. The van der Waals surface area contributed by atoms with Crippen LogP contribution in [0.1, 0.15) is 45.4 Å². The third-order valence-electron chi connectivity index (χ3n) is 2.94. The minimum absolute atomic E-state index is 0.0176.